The number of nitrogens with two attached hydrogens (primary N) is 1. The summed E-state index contributed by atoms with van der Waals surface area (Å²) < 4.78 is 4.94. The van der Waals surface area contributed by atoms with E-state index in [0.717, 1.165) is 5.01 Å². The Bertz CT molecular complexity index is 565. The number of nitrogens with zero attached hydrogens (tertiary/aromatic N) is 2. The monoisotopic (exact) mass is 278 g/mol. The van der Waals surface area contributed by atoms with Gasteiger partial charge in [0.2, 0.25) is 5.88 Å². The van der Waals surface area contributed by atoms with Crippen molar-refractivity contribution < 1.29 is 9.53 Å². The van der Waals surface area contributed by atoms with E-state index in [-0.39, 0.29) is 11.9 Å². The lowest BCUT2D eigenvalue weighted by atomic mass is 10.3. The van der Waals surface area contributed by atoms with Gasteiger partial charge in [-0.25, -0.2) is 9.97 Å². The summed E-state index contributed by atoms with van der Waals surface area (Å²) in [5.41, 5.74) is 6.64. The van der Waals surface area contributed by atoms with Crippen LogP contribution in [0.15, 0.2) is 23.7 Å². The zero-order chi connectivity index (χ0) is 13.8. The van der Waals surface area contributed by atoms with Crippen molar-refractivity contribution in [2.45, 2.75) is 13.0 Å². The minimum absolute atomic E-state index is 0.172. The largest absolute Gasteiger partial charge is 0.481 e. The summed E-state index contributed by atoms with van der Waals surface area (Å²) in [6, 6.07) is 3.21. The lowest BCUT2D eigenvalue weighted by Crippen LogP contribution is -2.13. The van der Waals surface area contributed by atoms with Crippen LogP contribution in [0.1, 0.15) is 28.5 Å². The number of thiazole rings is 1. The lowest BCUT2D eigenvalue weighted by Gasteiger charge is -2.03. The van der Waals surface area contributed by atoms with Gasteiger partial charge in [0.15, 0.2) is 0 Å². The molecule has 0 aliphatic heterocycles. The van der Waals surface area contributed by atoms with Crippen LogP contribution in [-0.4, -0.2) is 23.0 Å². The third-order valence-electron chi connectivity index (χ3n) is 2.35. The summed E-state index contributed by atoms with van der Waals surface area (Å²) in [5.74, 6) is 0.209. The van der Waals surface area contributed by atoms with Gasteiger partial charge >= 0.3 is 0 Å². The Morgan fingerprint density at radius 1 is 1.53 bits per heavy atom. The molecule has 0 aromatic carbocycles. The third kappa shape index (κ3) is 3.27. The van der Waals surface area contributed by atoms with Crippen LogP contribution in [0.5, 0.6) is 5.88 Å². The second-order valence-corrected chi connectivity index (χ2v) is 4.79. The molecule has 2 aromatic rings. The molecule has 0 radical (unpaired) electrons. The molecule has 2 rings (SSSR count). The van der Waals surface area contributed by atoms with E-state index in [1.54, 1.807) is 17.5 Å². The van der Waals surface area contributed by atoms with Crippen molar-refractivity contribution in [3.63, 3.8) is 0 Å². The molecule has 0 bridgehead atoms. The average molecular weight is 278 g/mol. The number of amides is 1. The molecule has 1 unspecified atom stereocenters. The Balaban J connectivity index is 2.06. The van der Waals surface area contributed by atoms with E-state index in [1.807, 2.05) is 6.92 Å². The van der Waals surface area contributed by atoms with Gasteiger partial charge in [0.25, 0.3) is 5.91 Å². The Kier molecular flexibility index (Phi) is 4.08. The second kappa shape index (κ2) is 5.77. The second-order valence-electron chi connectivity index (χ2n) is 3.90. The molecule has 0 saturated heterocycles. The summed E-state index contributed by atoms with van der Waals surface area (Å²) >= 11 is 1.37. The highest BCUT2D eigenvalue weighted by atomic mass is 32.1. The van der Waals surface area contributed by atoms with E-state index in [0.29, 0.717) is 17.3 Å². The maximum Gasteiger partial charge on any atom is 0.275 e. The molecule has 7 heteroatoms. The zero-order valence-electron chi connectivity index (χ0n) is 10.6. The molecule has 0 aliphatic rings. The number of carbonyl (C=O) groups excluding carboxylic acids is 1. The normalized spacial score (nSPS) is 11.9. The van der Waals surface area contributed by atoms with Crippen molar-refractivity contribution in [1.29, 1.82) is 0 Å². The van der Waals surface area contributed by atoms with Crippen molar-refractivity contribution in [3.05, 3.63) is 34.4 Å². The highest BCUT2D eigenvalue weighted by Gasteiger charge is 2.13. The average Bonchev–Trinajstić information content (AvgIpc) is 2.89. The molecule has 0 fully saturated rings. The quantitative estimate of drug-likeness (QED) is 0.890. The van der Waals surface area contributed by atoms with Gasteiger partial charge in [0, 0.05) is 11.4 Å². The minimum Gasteiger partial charge on any atom is -0.481 e. The van der Waals surface area contributed by atoms with Gasteiger partial charge in [-0.3, -0.25) is 4.79 Å². The van der Waals surface area contributed by atoms with Crippen molar-refractivity contribution in [2.75, 3.05) is 12.4 Å². The first kappa shape index (κ1) is 13.4. The zero-order valence-corrected chi connectivity index (χ0v) is 11.4. The standard InChI is InChI=1S/C12H14N4O2S/c1-7(13)12-16-9(6-19-12)11(17)15-8-3-4-10(18-2)14-5-8/h3-7H,13H2,1-2H3,(H,15,17). The predicted molar refractivity (Wildman–Crippen MR) is 73.5 cm³/mol. The van der Waals surface area contributed by atoms with E-state index in [1.165, 1.54) is 24.6 Å². The summed E-state index contributed by atoms with van der Waals surface area (Å²) in [4.78, 5) is 20.1. The predicted octanol–water partition coefficient (Wildman–Crippen LogP) is 1.82. The van der Waals surface area contributed by atoms with Crippen LogP contribution < -0.4 is 15.8 Å². The Hall–Kier alpha value is -1.99. The van der Waals surface area contributed by atoms with Crippen LogP contribution in [-0.2, 0) is 0 Å². The van der Waals surface area contributed by atoms with Gasteiger partial charge in [-0.05, 0) is 13.0 Å². The first-order chi connectivity index (χ1) is 9.10. The van der Waals surface area contributed by atoms with Gasteiger partial charge in [0.1, 0.15) is 10.7 Å². The Labute approximate surface area is 114 Å². The maximum atomic E-state index is 11.9. The van der Waals surface area contributed by atoms with Crippen molar-refractivity contribution in [3.8, 4) is 5.88 Å². The van der Waals surface area contributed by atoms with Gasteiger partial charge < -0.3 is 15.8 Å². The maximum absolute atomic E-state index is 11.9. The summed E-state index contributed by atoms with van der Waals surface area (Å²) in [6.45, 7) is 1.83. The smallest absolute Gasteiger partial charge is 0.275 e. The third-order valence-corrected chi connectivity index (χ3v) is 3.39. The fourth-order valence-corrected chi connectivity index (χ4v) is 2.13. The summed E-state index contributed by atoms with van der Waals surface area (Å²) in [6.07, 6.45) is 1.52. The molecule has 1 amide bonds. The molecular weight excluding hydrogens is 264 g/mol. The van der Waals surface area contributed by atoms with E-state index >= 15 is 0 Å². The van der Waals surface area contributed by atoms with Crippen molar-refractivity contribution in [1.82, 2.24) is 9.97 Å². The molecule has 1 atom stereocenters. The lowest BCUT2D eigenvalue weighted by molar-refractivity contribution is 0.102. The number of anilines is 1. The number of ether oxygens (including phenoxy) is 1. The first-order valence-corrected chi connectivity index (χ1v) is 6.50. The molecular formula is C12H14N4O2S. The molecule has 19 heavy (non-hydrogen) atoms. The highest BCUT2D eigenvalue weighted by molar-refractivity contribution is 7.09. The van der Waals surface area contributed by atoms with Crippen LogP contribution in [0.2, 0.25) is 0 Å². The van der Waals surface area contributed by atoms with Crippen LogP contribution in [0, 0.1) is 0 Å². The first-order valence-electron chi connectivity index (χ1n) is 5.62. The number of carbonyl (C=O) groups is 1. The van der Waals surface area contributed by atoms with Gasteiger partial charge in [-0.15, -0.1) is 11.3 Å². The fraction of sp³-hybridized carbons (Fsp3) is 0.250. The highest BCUT2D eigenvalue weighted by Crippen LogP contribution is 2.17. The van der Waals surface area contributed by atoms with Crippen molar-refractivity contribution >= 4 is 22.9 Å². The molecule has 100 valence electrons. The molecule has 3 N–H and O–H groups in total. The van der Waals surface area contributed by atoms with Crippen LogP contribution in [0.25, 0.3) is 0 Å². The van der Waals surface area contributed by atoms with E-state index < -0.39 is 0 Å². The summed E-state index contributed by atoms with van der Waals surface area (Å²) in [5, 5.41) is 5.13. The number of pyridine rings is 1. The topological polar surface area (TPSA) is 90.1 Å². The van der Waals surface area contributed by atoms with Gasteiger partial charge in [-0.2, -0.15) is 0 Å². The Morgan fingerprint density at radius 2 is 2.32 bits per heavy atom. The van der Waals surface area contributed by atoms with E-state index in [9.17, 15) is 4.79 Å². The number of nitrogens with one attached hydrogen (secondary N) is 1. The Morgan fingerprint density at radius 3 is 2.84 bits per heavy atom. The van der Waals surface area contributed by atoms with Gasteiger partial charge in [0.05, 0.1) is 25.0 Å². The fourth-order valence-electron chi connectivity index (χ4n) is 1.37. The SMILES string of the molecule is COc1ccc(NC(=O)c2csc(C(C)N)n2)cn1. The number of methoxy groups -OCH3 is 1. The minimum atomic E-state index is -0.282. The molecule has 0 aliphatic carbocycles. The number of rotatable bonds is 4. The molecule has 2 heterocycles. The molecule has 0 spiro atoms. The van der Waals surface area contributed by atoms with Crippen LogP contribution >= 0.6 is 11.3 Å². The van der Waals surface area contributed by atoms with Gasteiger partial charge in [-0.1, -0.05) is 0 Å². The van der Waals surface area contributed by atoms with Crippen LogP contribution in [0.3, 0.4) is 0 Å². The van der Waals surface area contributed by atoms with Crippen LogP contribution in [0.4, 0.5) is 5.69 Å². The van der Waals surface area contributed by atoms with Crippen molar-refractivity contribution in [2.24, 2.45) is 5.73 Å². The number of hydrogen-bond acceptors (Lipinski definition) is 6. The summed E-state index contributed by atoms with van der Waals surface area (Å²) in [7, 11) is 1.53. The molecule has 2 aromatic heterocycles. The van der Waals surface area contributed by atoms with E-state index in [2.05, 4.69) is 15.3 Å². The number of aromatic nitrogens is 2. The molecule has 0 saturated carbocycles. The van der Waals surface area contributed by atoms with E-state index in [4.69, 9.17) is 10.5 Å². The molecule has 6 nitrogen and oxygen atoms in total. The number of hydrogen-bond donors (Lipinski definition) is 2.